The summed E-state index contributed by atoms with van der Waals surface area (Å²) in [6.45, 7) is 10.7. The molecule has 0 spiro atoms. The summed E-state index contributed by atoms with van der Waals surface area (Å²) in [6, 6.07) is 0. The van der Waals surface area contributed by atoms with Crippen LogP contribution in [0.25, 0.3) is 0 Å². The summed E-state index contributed by atoms with van der Waals surface area (Å²) in [5.41, 5.74) is 1.04. The monoisotopic (exact) mass is 209 g/mol. The van der Waals surface area contributed by atoms with Crippen molar-refractivity contribution >= 4 is 0 Å². The van der Waals surface area contributed by atoms with Crippen molar-refractivity contribution in [2.45, 2.75) is 26.9 Å². The molecular weight excluding hydrogens is 186 g/mol. The second kappa shape index (κ2) is 7.30. The van der Waals surface area contributed by atoms with Crippen LogP contribution in [0.3, 0.4) is 0 Å². The van der Waals surface area contributed by atoms with E-state index in [1.165, 1.54) is 0 Å². The maximum atomic E-state index is 5.68. The molecule has 15 heavy (non-hydrogen) atoms. The molecule has 0 aromatic heterocycles. The van der Waals surface area contributed by atoms with E-state index in [9.17, 15) is 0 Å². The molecule has 0 fully saturated rings. The fourth-order valence-electron chi connectivity index (χ4n) is 1.26. The Hall–Kier alpha value is -1.02. The molecule has 2 nitrogen and oxygen atoms in total. The minimum atomic E-state index is 0.217. The van der Waals surface area contributed by atoms with Gasteiger partial charge in [0.2, 0.25) is 0 Å². The number of hydrogen-bond acceptors (Lipinski definition) is 2. The van der Waals surface area contributed by atoms with Gasteiger partial charge in [-0.25, -0.2) is 0 Å². The summed E-state index contributed by atoms with van der Waals surface area (Å²) in [7, 11) is 4.08. The lowest BCUT2D eigenvalue weighted by Crippen LogP contribution is -2.25. The third-order valence-corrected chi connectivity index (χ3v) is 1.72. The van der Waals surface area contributed by atoms with Crippen molar-refractivity contribution in [3.63, 3.8) is 0 Å². The van der Waals surface area contributed by atoms with Crippen LogP contribution in [0.5, 0.6) is 0 Å². The molecule has 0 aromatic carbocycles. The molecule has 0 rings (SSSR count). The lowest BCUT2D eigenvalue weighted by molar-refractivity contribution is 0.106. The SMILES string of the molecule is C=C(C)/C=C\C=C(/C)O[C@H](C)CN(C)C. The molecule has 0 N–H and O–H groups in total. The highest BCUT2D eigenvalue weighted by molar-refractivity contribution is 5.17. The van der Waals surface area contributed by atoms with Gasteiger partial charge < -0.3 is 9.64 Å². The molecular formula is C13H23NO. The van der Waals surface area contributed by atoms with E-state index in [1.54, 1.807) is 0 Å². The number of ether oxygens (including phenoxy) is 1. The first-order chi connectivity index (χ1) is 6.91. The van der Waals surface area contributed by atoms with Gasteiger partial charge in [0.1, 0.15) is 6.10 Å². The first-order valence-corrected chi connectivity index (χ1v) is 5.23. The van der Waals surface area contributed by atoms with Crippen molar-refractivity contribution in [1.82, 2.24) is 4.90 Å². The number of rotatable bonds is 6. The molecule has 0 aliphatic carbocycles. The quantitative estimate of drug-likeness (QED) is 0.492. The van der Waals surface area contributed by atoms with Crippen LogP contribution in [-0.4, -0.2) is 31.6 Å². The first kappa shape index (κ1) is 14.0. The Bertz CT molecular complexity index is 251. The van der Waals surface area contributed by atoms with Crippen molar-refractivity contribution in [2.24, 2.45) is 0 Å². The van der Waals surface area contributed by atoms with Gasteiger partial charge in [0, 0.05) is 6.54 Å². The zero-order valence-corrected chi connectivity index (χ0v) is 10.6. The molecule has 0 radical (unpaired) electrons. The summed E-state index contributed by atoms with van der Waals surface area (Å²) >= 11 is 0. The molecule has 0 aromatic rings. The number of allylic oxidation sites excluding steroid dienone is 5. The zero-order chi connectivity index (χ0) is 11.8. The van der Waals surface area contributed by atoms with Gasteiger partial charge in [-0.05, 0) is 40.9 Å². The van der Waals surface area contributed by atoms with E-state index in [1.807, 2.05) is 46.2 Å². The van der Waals surface area contributed by atoms with E-state index in [-0.39, 0.29) is 6.10 Å². The van der Waals surface area contributed by atoms with E-state index in [4.69, 9.17) is 4.74 Å². The molecule has 1 atom stereocenters. The molecule has 0 heterocycles. The van der Waals surface area contributed by atoms with Gasteiger partial charge in [-0.3, -0.25) is 0 Å². The fraction of sp³-hybridized carbons (Fsp3) is 0.538. The van der Waals surface area contributed by atoms with E-state index in [0.29, 0.717) is 0 Å². The van der Waals surface area contributed by atoms with Gasteiger partial charge in [-0.1, -0.05) is 24.3 Å². The average Bonchev–Trinajstić information content (AvgIpc) is 2.00. The standard InChI is InChI=1S/C13H23NO/c1-11(2)8-7-9-12(3)15-13(4)10-14(5)6/h7-9,13H,1,10H2,2-6H3/b8-7-,12-9+/t13-/m1/s1. The van der Waals surface area contributed by atoms with Gasteiger partial charge in [0.15, 0.2) is 0 Å². The molecule has 0 saturated heterocycles. The Morgan fingerprint density at radius 1 is 1.40 bits per heavy atom. The summed E-state index contributed by atoms with van der Waals surface area (Å²) in [6.07, 6.45) is 6.10. The minimum Gasteiger partial charge on any atom is -0.494 e. The Balaban J connectivity index is 4.00. The highest BCUT2D eigenvalue weighted by Crippen LogP contribution is 2.03. The molecule has 2 heteroatoms. The summed E-state index contributed by atoms with van der Waals surface area (Å²) < 4.78 is 5.68. The lowest BCUT2D eigenvalue weighted by atomic mass is 10.3. The highest BCUT2D eigenvalue weighted by Gasteiger charge is 2.03. The maximum Gasteiger partial charge on any atom is 0.108 e. The van der Waals surface area contributed by atoms with E-state index >= 15 is 0 Å². The smallest absolute Gasteiger partial charge is 0.108 e. The van der Waals surface area contributed by atoms with Crippen molar-refractivity contribution < 1.29 is 4.74 Å². The molecule has 0 aliphatic heterocycles. The number of nitrogens with zero attached hydrogens (tertiary/aromatic N) is 1. The van der Waals surface area contributed by atoms with Gasteiger partial charge in [0.05, 0.1) is 5.76 Å². The maximum absolute atomic E-state index is 5.68. The third-order valence-electron chi connectivity index (χ3n) is 1.72. The lowest BCUT2D eigenvalue weighted by Gasteiger charge is -2.18. The zero-order valence-electron chi connectivity index (χ0n) is 10.6. The highest BCUT2D eigenvalue weighted by atomic mass is 16.5. The van der Waals surface area contributed by atoms with Crippen molar-refractivity contribution in [3.05, 3.63) is 36.1 Å². The minimum absolute atomic E-state index is 0.217. The normalized spacial score (nSPS) is 14.7. The molecule has 0 amide bonds. The molecule has 0 aliphatic rings. The van der Waals surface area contributed by atoms with Gasteiger partial charge in [-0.15, -0.1) is 0 Å². The Morgan fingerprint density at radius 3 is 2.47 bits per heavy atom. The molecule has 0 bridgehead atoms. The van der Waals surface area contributed by atoms with E-state index in [2.05, 4.69) is 18.4 Å². The summed E-state index contributed by atoms with van der Waals surface area (Å²) in [5, 5.41) is 0. The van der Waals surface area contributed by atoms with Gasteiger partial charge in [0.25, 0.3) is 0 Å². The number of likely N-dealkylation sites (N-methyl/N-ethyl adjacent to an activating group) is 1. The van der Waals surface area contributed by atoms with Crippen molar-refractivity contribution in [1.29, 1.82) is 0 Å². The van der Waals surface area contributed by atoms with Crippen molar-refractivity contribution in [2.75, 3.05) is 20.6 Å². The molecule has 86 valence electrons. The van der Waals surface area contributed by atoms with Crippen LogP contribution in [0.4, 0.5) is 0 Å². The molecule has 0 saturated carbocycles. The van der Waals surface area contributed by atoms with Gasteiger partial charge >= 0.3 is 0 Å². The van der Waals surface area contributed by atoms with Crippen LogP contribution in [0.1, 0.15) is 20.8 Å². The Labute approximate surface area is 93.9 Å². The van der Waals surface area contributed by atoms with Crippen LogP contribution in [0.2, 0.25) is 0 Å². The predicted octanol–water partition coefficient (Wildman–Crippen LogP) is 2.99. The Morgan fingerprint density at radius 2 is 2.00 bits per heavy atom. The second-order valence-corrected chi connectivity index (χ2v) is 4.17. The first-order valence-electron chi connectivity index (χ1n) is 5.23. The molecule has 0 unspecified atom stereocenters. The third kappa shape index (κ3) is 9.29. The number of hydrogen-bond donors (Lipinski definition) is 0. The predicted molar refractivity (Wildman–Crippen MR) is 66.8 cm³/mol. The van der Waals surface area contributed by atoms with Gasteiger partial charge in [-0.2, -0.15) is 0 Å². The van der Waals surface area contributed by atoms with Crippen LogP contribution in [0, 0.1) is 0 Å². The largest absolute Gasteiger partial charge is 0.494 e. The topological polar surface area (TPSA) is 12.5 Å². The fourth-order valence-corrected chi connectivity index (χ4v) is 1.26. The Kier molecular flexibility index (Phi) is 6.80. The summed E-state index contributed by atoms with van der Waals surface area (Å²) in [5.74, 6) is 0.932. The van der Waals surface area contributed by atoms with Crippen LogP contribution >= 0.6 is 0 Å². The summed E-state index contributed by atoms with van der Waals surface area (Å²) in [4.78, 5) is 2.11. The van der Waals surface area contributed by atoms with Crippen LogP contribution < -0.4 is 0 Å². The van der Waals surface area contributed by atoms with Crippen LogP contribution in [0.15, 0.2) is 36.1 Å². The van der Waals surface area contributed by atoms with E-state index < -0.39 is 0 Å². The van der Waals surface area contributed by atoms with Crippen LogP contribution in [-0.2, 0) is 4.74 Å². The van der Waals surface area contributed by atoms with E-state index in [0.717, 1.165) is 17.9 Å². The second-order valence-electron chi connectivity index (χ2n) is 4.17. The average molecular weight is 209 g/mol. The van der Waals surface area contributed by atoms with Crippen molar-refractivity contribution in [3.8, 4) is 0 Å².